The van der Waals surface area contributed by atoms with Crippen molar-refractivity contribution in [1.82, 2.24) is 9.78 Å². The molecule has 0 amide bonds. The third-order valence-corrected chi connectivity index (χ3v) is 5.34. The van der Waals surface area contributed by atoms with Gasteiger partial charge >= 0.3 is 6.18 Å². The standard InChI is InChI=1S/C18H18F3N3O2S/c1-11-3-8-15(12(2)9-11)16-10-17(18(19,20)21)23-24(16)13-4-6-14(7-5-13)27(22,25)26/h3-8,10,12H,9H2,1-2H3,(H2,22,25,26). The first-order valence-corrected chi connectivity index (χ1v) is 9.69. The van der Waals surface area contributed by atoms with Crippen LogP contribution >= 0.6 is 0 Å². The first-order chi connectivity index (χ1) is 12.5. The Morgan fingerprint density at radius 2 is 1.81 bits per heavy atom. The van der Waals surface area contributed by atoms with E-state index in [1.807, 2.05) is 19.9 Å². The molecule has 3 rings (SSSR count). The number of alkyl halides is 3. The van der Waals surface area contributed by atoms with Crippen molar-refractivity contribution in [3.05, 3.63) is 59.4 Å². The molecule has 27 heavy (non-hydrogen) atoms. The van der Waals surface area contributed by atoms with Crippen molar-refractivity contribution in [3.8, 4) is 5.69 Å². The molecule has 1 aliphatic rings. The monoisotopic (exact) mass is 397 g/mol. The maximum absolute atomic E-state index is 13.2. The van der Waals surface area contributed by atoms with E-state index in [4.69, 9.17) is 5.14 Å². The number of sulfonamides is 1. The van der Waals surface area contributed by atoms with Gasteiger partial charge in [0.1, 0.15) is 0 Å². The van der Waals surface area contributed by atoms with E-state index in [1.165, 1.54) is 28.9 Å². The van der Waals surface area contributed by atoms with Crippen LogP contribution in [-0.2, 0) is 16.2 Å². The second kappa shape index (κ2) is 6.65. The van der Waals surface area contributed by atoms with Crippen LogP contribution < -0.4 is 5.14 Å². The zero-order chi connectivity index (χ0) is 20.0. The number of rotatable bonds is 3. The summed E-state index contributed by atoms with van der Waals surface area (Å²) < 4.78 is 63.7. The molecular formula is C18H18F3N3O2S. The Balaban J connectivity index is 2.16. The number of hydrogen-bond donors (Lipinski definition) is 1. The van der Waals surface area contributed by atoms with E-state index in [9.17, 15) is 21.6 Å². The van der Waals surface area contributed by atoms with Gasteiger partial charge in [-0.25, -0.2) is 18.2 Å². The summed E-state index contributed by atoms with van der Waals surface area (Å²) in [6.07, 6.45) is -0.173. The minimum atomic E-state index is -4.59. The number of primary sulfonamides is 1. The number of hydrogen-bond acceptors (Lipinski definition) is 3. The van der Waals surface area contributed by atoms with Crippen LogP contribution in [-0.4, -0.2) is 18.2 Å². The van der Waals surface area contributed by atoms with Crippen molar-refractivity contribution in [2.45, 2.75) is 31.3 Å². The predicted octanol–water partition coefficient (Wildman–Crippen LogP) is 3.91. The number of benzene rings is 1. The Labute approximate surface area is 155 Å². The largest absolute Gasteiger partial charge is 0.435 e. The quantitative estimate of drug-likeness (QED) is 0.853. The molecule has 0 saturated carbocycles. The molecule has 1 atom stereocenters. The zero-order valence-corrected chi connectivity index (χ0v) is 15.5. The molecule has 1 aromatic carbocycles. The highest BCUT2D eigenvalue weighted by atomic mass is 32.2. The highest BCUT2D eigenvalue weighted by Crippen LogP contribution is 2.37. The normalized spacial score (nSPS) is 18.2. The number of nitrogens with zero attached hydrogens (tertiary/aromatic N) is 2. The van der Waals surface area contributed by atoms with Gasteiger partial charge in [-0.1, -0.05) is 24.6 Å². The van der Waals surface area contributed by atoms with Crippen LogP contribution in [0.25, 0.3) is 11.3 Å². The van der Waals surface area contributed by atoms with Crippen LogP contribution in [0.1, 0.15) is 31.7 Å². The molecule has 1 aliphatic carbocycles. The average molecular weight is 397 g/mol. The molecule has 144 valence electrons. The van der Waals surface area contributed by atoms with Gasteiger partial charge in [-0.2, -0.15) is 18.3 Å². The lowest BCUT2D eigenvalue weighted by Crippen LogP contribution is -2.13. The summed E-state index contributed by atoms with van der Waals surface area (Å²) >= 11 is 0. The summed E-state index contributed by atoms with van der Waals surface area (Å²) in [5.41, 5.74) is 1.51. The minimum Gasteiger partial charge on any atom is -0.233 e. The Hall–Kier alpha value is -2.39. The van der Waals surface area contributed by atoms with E-state index in [-0.39, 0.29) is 10.8 Å². The lowest BCUT2D eigenvalue weighted by molar-refractivity contribution is -0.141. The number of halogens is 3. The van der Waals surface area contributed by atoms with Gasteiger partial charge in [0.25, 0.3) is 0 Å². The second-order valence-electron chi connectivity index (χ2n) is 6.60. The van der Waals surface area contributed by atoms with Crippen LogP contribution in [0.4, 0.5) is 13.2 Å². The van der Waals surface area contributed by atoms with E-state index in [0.29, 0.717) is 11.4 Å². The Morgan fingerprint density at radius 1 is 1.19 bits per heavy atom. The molecule has 0 fully saturated rings. The van der Waals surface area contributed by atoms with Gasteiger partial charge in [0, 0.05) is 0 Å². The summed E-state index contributed by atoms with van der Waals surface area (Å²) in [5, 5.41) is 8.79. The van der Waals surface area contributed by atoms with Crippen molar-refractivity contribution in [2.75, 3.05) is 0 Å². The Bertz CT molecular complexity index is 1030. The molecule has 0 saturated heterocycles. The van der Waals surface area contributed by atoms with E-state index >= 15 is 0 Å². The summed E-state index contributed by atoms with van der Waals surface area (Å²) in [7, 11) is -3.89. The van der Waals surface area contributed by atoms with Crippen LogP contribution in [0.2, 0.25) is 0 Å². The van der Waals surface area contributed by atoms with Crippen LogP contribution in [0, 0.1) is 5.92 Å². The number of nitrogens with two attached hydrogens (primary N) is 1. The summed E-state index contributed by atoms with van der Waals surface area (Å²) in [4.78, 5) is -0.125. The van der Waals surface area contributed by atoms with Crippen LogP contribution in [0.15, 0.2) is 53.0 Å². The van der Waals surface area contributed by atoms with Gasteiger partial charge in [-0.3, -0.25) is 0 Å². The highest BCUT2D eigenvalue weighted by molar-refractivity contribution is 7.89. The van der Waals surface area contributed by atoms with Gasteiger partial charge < -0.3 is 0 Å². The molecule has 0 radical (unpaired) electrons. The topological polar surface area (TPSA) is 78.0 Å². The SMILES string of the molecule is CC1=CC=C(c2cc(C(F)(F)F)nn2-c2ccc(S(N)(=O)=O)cc2)C(C)C1. The van der Waals surface area contributed by atoms with E-state index in [2.05, 4.69) is 5.10 Å². The summed E-state index contributed by atoms with van der Waals surface area (Å²) in [6.45, 7) is 3.91. The highest BCUT2D eigenvalue weighted by Gasteiger charge is 2.36. The van der Waals surface area contributed by atoms with Gasteiger partial charge in [-0.05, 0) is 55.2 Å². The summed E-state index contributed by atoms with van der Waals surface area (Å²) in [6, 6.07) is 6.26. The van der Waals surface area contributed by atoms with Crippen molar-refractivity contribution >= 4 is 15.6 Å². The lowest BCUT2D eigenvalue weighted by atomic mass is 9.87. The fourth-order valence-corrected chi connectivity index (χ4v) is 3.61. The molecule has 9 heteroatoms. The fourth-order valence-electron chi connectivity index (χ4n) is 3.09. The maximum Gasteiger partial charge on any atom is 0.435 e. The molecule has 2 N–H and O–H groups in total. The zero-order valence-electron chi connectivity index (χ0n) is 14.7. The first kappa shape index (κ1) is 19.4. The maximum atomic E-state index is 13.2. The fraction of sp³-hybridized carbons (Fsp3) is 0.278. The first-order valence-electron chi connectivity index (χ1n) is 8.15. The number of allylic oxidation sites excluding steroid dienone is 4. The molecule has 0 bridgehead atoms. The van der Waals surface area contributed by atoms with Gasteiger partial charge in [0.2, 0.25) is 10.0 Å². The second-order valence-corrected chi connectivity index (χ2v) is 8.16. The molecule has 0 aliphatic heterocycles. The molecule has 1 aromatic heterocycles. The Morgan fingerprint density at radius 3 is 2.33 bits per heavy atom. The third-order valence-electron chi connectivity index (χ3n) is 4.41. The van der Waals surface area contributed by atoms with Crippen molar-refractivity contribution in [1.29, 1.82) is 0 Å². The molecule has 1 unspecified atom stereocenters. The van der Waals surface area contributed by atoms with Gasteiger partial charge in [0.15, 0.2) is 5.69 Å². The van der Waals surface area contributed by atoms with Gasteiger partial charge in [-0.15, -0.1) is 0 Å². The van der Waals surface area contributed by atoms with Crippen molar-refractivity contribution < 1.29 is 21.6 Å². The third kappa shape index (κ3) is 3.98. The molecule has 1 heterocycles. The van der Waals surface area contributed by atoms with Gasteiger partial charge in [0.05, 0.1) is 16.3 Å². The van der Waals surface area contributed by atoms with Crippen LogP contribution in [0.3, 0.4) is 0 Å². The molecule has 5 nitrogen and oxygen atoms in total. The number of aromatic nitrogens is 2. The average Bonchev–Trinajstić information content (AvgIpc) is 2.99. The van der Waals surface area contributed by atoms with Crippen molar-refractivity contribution in [3.63, 3.8) is 0 Å². The van der Waals surface area contributed by atoms with Crippen LogP contribution in [0.5, 0.6) is 0 Å². The molecular weight excluding hydrogens is 379 g/mol. The predicted molar refractivity (Wildman–Crippen MR) is 95.5 cm³/mol. The van der Waals surface area contributed by atoms with E-state index < -0.39 is 21.9 Å². The molecule has 0 spiro atoms. The smallest absolute Gasteiger partial charge is 0.233 e. The molecule has 2 aromatic rings. The Kier molecular flexibility index (Phi) is 4.77. The van der Waals surface area contributed by atoms with Crippen molar-refractivity contribution in [2.24, 2.45) is 11.1 Å². The minimum absolute atomic E-state index is 0.0234. The summed E-state index contributed by atoms with van der Waals surface area (Å²) in [5.74, 6) is 0.0234. The van der Waals surface area contributed by atoms with E-state index in [0.717, 1.165) is 23.6 Å². The lowest BCUT2D eigenvalue weighted by Gasteiger charge is -2.21. The van der Waals surface area contributed by atoms with E-state index in [1.54, 1.807) is 6.08 Å².